The summed E-state index contributed by atoms with van der Waals surface area (Å²) in [6, 6.07) is 6.80. The lowest BCUT2D eigenvalue weighted by atomic mass is 9.79. The first kappa shape index (κ1) is 15.5. The molecule has 1 aliphatic rings. The monoisotopic (exact) mass is 309 g/mol. The van der Waals surface area contributed by atoms with Crippen LogP contribution in [0.5, 0.6) is 0 Å². The normalized spacial score (nSPS) is 22.3. The number of amides is 2. The fourth-order valence-corrected chi connectivity index (χ4v) is 2.59. The fourth-order valence-electron chi connectivity index (χ4n) is 2.46. The topological polar surface area (TPSA) is 63.7 Å². The van der Waals surface area contributed by atoms with Crippen molar-refractivity contribution < 1.29 is 19.1 Å². The van der Waals surface area contributed by atoms with E-state index in [4.69, 9.17) is 16.3 Å². The molecule has 0 spiro atoms. The van der Waals surface area contributed by atoms with Gasteiger partial charge in [0, 0.05) is 24.4 Å². The van der Waals surface area contributed by atoms with Gasteiger partial charge in [-0.25, -0.2) is 0 Å². The minimum Gasteiger partial charge on any atom is -0.465 e. The summed E-state index contributed by atoms with van der Waals surface area (Å²) < 4.78 is 4.99. The lowest BCUT2D eigenvalue weighted by Gasteiger charge is -2.33. The van der Waals surface area contributed by atoms with Crippen LogP contribution in [0.1, 0.15) is 24.8 Å². The van der Waals surface area contributed by atoms with Crippen molar-refractivity contribution in [1.82, 2.24) is 4.90 Å². The summed E-state index contributed by atoms with van der Waals surface area (Å²) in [5.41, 5.74) is 0.729. The van der Waals surface area contributed by atoms with Crippen molar-refractivity contribution in [3.8, 4) is 0 Å². The lowest BCUT2D eigenvalue weighted by Crippen LogP contribution is -2.49. The molecule has 1 aliphatic heterocycles. The summed E-state index contributed by atoms with van der Waals surface area (Å²) in [5.74, 6) is -2.93. The molecule has 1 saturated heterocycles. The molecule has 2 rings (SSSR count). The zero-order chi connectivity index (χ0) is 15.6. The van der Waals surface area contributed by atoms with Crippen molar-refractivity contribution in [1.29, 1.82) is 0 Å². The van der Waals surface area contributed by atoms with E-state index in [1.54, 1.807) is 31.2 Å². The summed E-state index contributed by atoms with van der Waals surface area (Å²) in [4.78, 5) is 37.3. The zero-order valence-corrected chi connectivity index (χ0v) is 12.6. The van der Waals surface area contributed by atoms with Gasteiger partial charge in [-0.3, -0.25) is 19.3 Å². The molecular formula is C15H16ClNO4. The Labute approximate surface area is 127 Å². The average Bonchev–Trinajstić information content (AvgIpc) is 2.45. The van der Waals surface area contributed by atoms with Crippen LogP contribution in [0.15, 0.2) is 24.3 Å². The van der Waals surface area contributed by atoms with Gasteiger partial charge in [0.15, 0.2) is 0 Å². The van der Waals surface area contributed by atoms with Crippen LogP contribution in [-0.2, 0) is 19.1 Å². The Morgan fingerprint density at radius 2 is 1.95 bits per heavy atom. The van der Waals surface area contributed by atoms with Crippen LogP contribution in [0.3, 0.4) is 0 Å². The number of carbonyl (C=O) groups is 3. The smallest absolute Gasteiger partial charge is 0.319 e. The molecule has 0 aromatic heterocycles. The van der Waals surface area contributed by atoms with Gasteiger partial charge >= 0.3 is 5.97 Å². The maximum absolute atomic E-state index is 12.3. The van der Waals surface area contributed by atoms with E-state index in [0.29, 0.717) is 5.02 Å². The highest BCUT2D eigenvalue weighted by Gasteiger charge is 2.45. The van der Waals surface area contributed by atoms with Gasteiger partial charge < -0.3 is 4.74 Å². The summed E-state index contributed by atoms with van der Waals surface area (Å²) in [6.45, 7) is 1.87. The van der Waals surface area contributed by atoms with E-state index in [9.17, 15) is 14.4 Å². The second-order valence-corrected chi connectivity index (χ2v) is 5.32. The maximum atomic E-state index is 12.3. The number of likely N-dealkylation sites (tertiary alicyclic amines) is 1. The molecule has 2 amide bonds. The first-order chi connectivity index (χ1) is 9.95. The minimum absolute atomic E-state index is 0.0906. The van der Waals surface area contributed by atoms with Gasteiger partial charge in [-0.2, -0.15) is 0 Å². The van der Waals surface area contributed by atoms with E-state index in [1.807, 2.05) is 0 Å². The minimum atomic E-state index is -0.992. The Balaban J connectivity index is 2.38. The molecule has 1 aromatic rings. The number of halogens is 1. The van der Waals surface area contributed by atoms with Crippen LogP contribution >= 0.6 is 11.6 Å². The standard InChI is InChI=1S/C15H16ClNO4/c1-3-21-15(20)13-11(8-12(18)17(2)14(13)19)9-4-6-10(16)7-5-9/h4-7,11,13H,3,8H2,1-2H3/t11-,13-/m1/s1. The highest BCUT2D eigenvalue weighted by Crippen LogP contribution is 2.35. The average molecular weight is 310 g/mol. The van der Waals surface area contributed by atoms with Gasteiger partial charge in [-0.05, 0) is 24.6 Å². The van der Waals surface area contributed by atoms with Gasteiger partial charge in [0.1, 0.15) is 5.92 Å². The maximum Gasteiger partial charge on any atom is 0.319 e. The predicted octanol–water partition coefficient (Wildman–Crippen LogP) is 1.99. The van der Waals surface area contributed by atoms with Crippen LogP contribution in [0.25, 0.3) is 0 Å². The fraction of sp³-hybridized carbons (Fsp3) is 0.400. The van der Waals surface area contributed by atoms with Crippen molar-refractivity contribution in [3.63, 3.8) is 0 Å². The van der Waals surface area contributed by atoms with E-state index in [-0.39, 0.29) is 18.9 Å². The Hall–Kier alpha value is -1.88. The molecule has 1 fully saturated rings. The van der Waals surface area contributed by atoms with Crippen molar-refractivity contribution in [3.05, 3.63) is 34.9 Å². The van der Waals surface area contributed by atoms with Crippen LogP contribution < -0.4 is 0 Å². The molecule has 2 atom stereocenters. The van der Waals surface area contributed by atoms with Gasteiger partial charge in [-0.15, -0.1) is 0 Å². The summed E-state index contributed by atoms with van der Waals surface area (Å²) in [7, 11) is 1.38. The number of nitrogens with zero attached hydrogens (tertiary/aromatic N) is 1. The molecule has 0 aliphatic carbocycles. The molecule has 0 saturated carbocycles. The molecule has 0 radical (unpaired) electrons. The highest BCUT2D eigenvalue weighted by atomic mass is 35.5. The number of carbonyl (C=O) groups excluding carboxylic acids is 3. The SMILES string of the molecule is CCOC(=O)[C@H]1C(=O)N(C)C(=O)C[C@@H]1c1ccc(Cl)cc1. The summed E-state index contributed by atoms with van der Waals surface area (Å²) >= 11 is 5.85. The molecule has 112 valence electrons. The number of esters is 1. The number of piperidine rings is 1. The Morgan fingerprint density at radius 3 is 2.52 bits per heavy atom. The Kier molecular flexibility index (Phi) is 4.63. The summed E-state index contributed by atoms with van der Waals surface area (Å²) in [5, 5.41) is 0.553. The predicted molar refractivity (Wildman–Crippen MR) is 76.7 cm³/mol. The first-order valence-corrected chi connectivity index (χ1v) is 7.06. The van der Waals surface area contributed by atoms with Gasteiger partial charge in [-0.1, -0.05) is 23.7 Å². The lowest BCUT2D eigenvalue weighted by molar-refractivity contribution is -0.162. The molecule has 6 heteroatoms. The van der Waals surface area contributed by atoms with E-state index >= 15 is 0 Å². The Morgan fingerprint density at radius 1 is 1.33 bits per heavy atom. The third-order valence-corrected chi connectivity index (χ3v) is 3.86. The van der Waals surface area contributed by atoms with Gasteiger partial charge in [0.2, 0.25) is 11.8 Å². The van der Waals surface area contributed by atoms with E-state index in [1.165, 1.54) is 7.05 Å². The zero-order valence-electron chi connectivity index (χ0n) is 11.8. The second-order valence-electron chi connectivity index (χ2n) is 4.88. The number of rotatable bonds is 3. The molecule has 1 aromatic carbocycles. The number of ether oxygens (including phenoxy) is 1. The highest BCUT2D eigenvalue weighted by molar-refractivity contribution is 6.30. The number of benzene rings is 1. The molecule has 0 N–H and O–H groups in total. The molecular weight excluding hydrogens is 294 g/mol. The molecule has 5 nitrogen and oxygen atoms in total. The van der Waals surface area contributed by atoms with E-state index in [2.05, 4.69) is 0 Å². The second kappa shape index (κ2) is 6.26. The molecule has 0 unspecified atom stereocenters. The third-order valence-electron chi connectivity index (χ3n) is 3.61. The summed E-state index contributed by atoms with van der Waals surface area (Å²) in [6.07, 6.45) is 0.0906. The first-order valence-electron chi connectivity index (χ1n) is 6.68. The number of hydrogen-bond donors (Lipinski definition) is 0. The van der Waals surface area contributed by atoms with Crippen LogP contribution in [0, 0.1) is 5.92 Å². The quantitative estimate of drug-likeness (QED) is 0.486. The third kappa shape index (κ3) is 3.08. The van der Waals surface area contributed by atoms with Gasteiger partial charge in [0.25, 0.3) is 0 Å². The largest absolute Gasteiger partial charge is 0.465 e. The number of hydrogen-bond acceptors (Lipinski definition) is 4. The molecule has 21 heavy (non-hydrogen) atoms. The molecule has 1 heterocycles. The van der Waals surface area contributed by atoms with E-state index in [0.717, 1.165) is 10.5 Å². The van der Waals surface area contributed by atoms with Crippen molar-refractivity contribution in [2.24, 2.45) is 5.92 Å². The van der Waals surface area contributed by atoms with Crippen molar-refractivity contribution >= 4 is 29.4 Å². The van der Waals surface area contributed by atoms with Crippen LogP contribution in [-0.4, -0.2) is 36.3 Å². The van der Waals surface area contributed by atoms with Gasteiger partial charge in [0.05, 0.1) is 6.61 Å². The van der Waals surface area contributed by atoms with Crippen molar-refractivity contribution in [2.45, 2.75) is 19.3 Å². The Bertz CT molecular complexity index is 570. The van der Waals surface area contributed by atoms with Crippen LogP contribution in [0.4, 0.5) is 0 Å². The van der Waals surface area contributed by atoms with Crippen LogP contribution in [0.2, 0.25) is 5.02 Å². The van der Waals surface area contributed by atoms with E-state index < -0.39 is 23.7 Å². The van der Waals surface area contributed by atoms with Crippen molar-refractivity contribution in [2.75, 3.05) is 13.7 Å². The number of imide groups is 1. The molecule has 0 bridgehead atoms.